The smallest absolute Gasteiger partial charge is 0.252 e. The van der Waals surface area contributed by atoms with Crippen LogP contribution in [0, 0.1) is 6.92 Å². The number of carbonyl (C=O) groups excluding carboxylic acids is 2. The fourth-order valence-electron chi connectivity index (χ4n) is 4.63. The average Bonchev–Trinajstić information content (AvgIpc) is 3.58. The Hall–Kier alpha value is -3.38. The normalized spacial score (nSPS) is 19.0. The number of ether oxygens (including phenoxy) is 1. The molecule has 6 nitrogen and oxygen atoms in total. The summed E-state index contributed by atoms with van der Waals surface area (Å²) in [4.78, 5) is 27.6. The van der Waals surface area contributed by atoms with Crippen molar-refractivity contribution < 1.29 is 14.3 Å². The van der Waals surface area contributed by atoms with Crippen molar-refractivity contribution in [3.63, 3.8) is 0 Å². The van der Waals surface area contributed by atoms with Gasteiger partial charge in [0.1, 0.15) is 12.4 Å². The number of nitrogens with two attached hydrogens (primary N) is 1. The minimum absolute atomic E-state index is 0.134. The van der Waals surface area contributed by atoms with E-state index in [9.17, 15) is 9.59 Å². The molecule has 2 amide bonds. The van der Waals surface area contributed by atoms with Crippen molar-refractivity contribution in [3.05, 3.63) is 76.9 Å². The zero-order valence-electron chi connectivity index (χ0n) is 19.1. The molecule has 3 aromatic rings. The van der Waals surface area contributed by atoms with Gasteiger partial charge in [-0.05, 0) is 85.9 Å². The molecule has 6 heteroatoms. The highest BCUT2D eigenvalue weighted by Gasteiger charge is 2.47. The van der Waals surface area contributed by atoms with E-state index in [0.29, 0.717) is 29.5 Å². The van der Waals surface area contributed by atoms with E-state index in [1.54, 1.807) is 0 Å². The van der Waals surface area contributed by atoms with Crippen LogP contribution >= 0.6 is 0 Å². The Bertz CT molecular complexity index is 1250. The molecule has 5 rings (SSSR count). The standard InChI is InChI=1S/C27H29N3O3/c1-17-7-8-21(33-16-20-9-12-30(20)2)15-23(17)26(32)29-27(10-11-27)24-14-19(25(28)31)13-18-5-3-4-6-22(18)24/h3-8,13-15,20H,9-12,16H2,1-2H3,(H2,28,31)(H,29,32). The van der Waals surface area contributed by atoms with Crippen LogP contribution in [0.25, 0.3) is 10.8 Å². The summed E-state index contributed by atoms with van der Waals surface area (Å²) in [7, 11) is 2.09. The molecule has 0 spiro atoms. The van der Waals surface area contributed by atoms with Crippen LogP contribution in [0.5, 0.6) is 5.75 Å². The molecule has 3 N–H and O–H groups in total. The van der Waals surface area contributed by atoms with Crippen LogP contribution < -0.4 is 15.8 Å². The molecule has 2 fully saturated rings. The molecule has 0 bridgehead atoms. The Balaban J connectivity index is 1.41. The summed E-state index contributed by atoms with van der Waals surface area (Å²) in [5.41, 5.74) is 8.00. The predicted octanol–water partition coefficient (Wildman–Crippen LogP) is 3.75. The second-order valence-electron chi connectivity index (χ2n) is 9.36. The molecule has 0 aromatic heterocycles. The first-order valence-electron chi connectivity index (χ1n) is 11.5. The highest BCUT2D eigenvalue weighted by Crippen LogP contribution is 2.48. The van der Waals surface area contributed by atoms with Gasteiger partial charge in [0.15, 0.2) is 0 Å². The number of hydrogen-bond acceptors (Lipinski definition) is 4. The number of amides is 2. The molecule has 1 unspecified atom stereocenters. The van der Waals surface area contributed by atoms with Gasteiger partial charge in [-0.15, -0.1) is 0 Å². The van der Waals surface area contributed by atoms with Gasteiger partial charge in [-0.3, -0.25) is 14.5 Å². The van der Waals surface area contributed by atoms with Crippen LogP contribution in [0.15, 0.2) is 54.6 Å². The number of hydrogen-bond donors (Lipinski definition) is 2. The maximum Gasteiger partial charge on any atom is 0.252 e. The van der Waals surface area contributed by atoms with Crippen molar-refractivity contribution in [2.45, 2.75) is 37.8 Å². The quantitative estimate of drug-likeness (QED) is 0.583. The third-order valence-electron chi connectivity index (χ3n) is 7.10. The third kappa shape index (κ3) is 4.07. The van der Waals surface area contributed by atoms with Crippen molar-refractivity contribution in [1.29, 1.82) is 0 Å². The Morgan fingerprint density at radius 2 is 1.94 bits per heavy atom. The lowest BCUT2D eigenvalue weighted by atomic mass is 9.93. The first-order chi connectivity index (χ1) is 15.9. The number of fused-ring (bicyclic) bond motifs is 1. The Morgan fingerprint density at radius 1 is 1.15 bits per heavy atom. The van der Waals surface area contributed by atoms with Gasteiger partial charge in [0.05, 0.1) is 5.54 Å². The van der Waals surface area contributed by atoms with Gasteiger partial charge in [0, 0.05) is 17.2 Å². The number of rotatable bonds is 7. The van der Waals surface area contributed by atoms with Crippen molar-refractivity contribution in [2.75, 3.05) is 20.2 Å². The highest BCUT2D eigenvalue weighted by atomic mass is 16.5. The number of likely N-dealkylation sites (N-methyl/N-ethyl adjacent to an activating group) is 1. The predicted molar refractivity (Wildman–Crippen MR) is 129 cm³/mol. The van der Waals surface area contributed by atoms with Gasteiger partial charge in [0.2, 0.25) is 5.91 Å². The van der Waals surface area contributed by atoms with E-state index in [2.05, 4.69) is 17.3 Å². The van der Waals surface area contributed by atoms with E-state index in [0.717, 1.165) is 47.7 Å². The lowest BCUT2D eigenvalue weighted by Gasteiger charge is -2.37. The molecule has 1 aliphatic carbocycles. The molecular weight excluding hydrogens is 414 g/mol. The van der Waals surface area contributed by atoms with Crippen LogP contribution in [0.3, 0.4) is 0 Å². The number of primary amides is 1. The topological polar surface area (TPSA) is 84.7 Å². The fraction of sp³-hybridized carbons (Fsp3) is 0.333. The van der Waals surface area contributed by atoms with Crippen LogP contribution in [-0.2, 0) is 5.54 Å². The first-order valence-corrected chi connectivity index (χ1v) is 11.5. The molecule has 170 valence electrons. The van der Waals surface area contributed by atoms with Gasteiger partial charge in [0.25, 0.3) is 5.91 Å². The van der Waals surface area contributed by atoms with E-state index in [1.807, 2.05) is 61.5 Å². The zero-order valence-corrected chi connectivity index (χ0v) is 19.1. The van der Waals surface area contributed by atoms with Crippen molar-refractivity contribution >= 4 is 22.6 Å². The summed E-state index contributed by atoms with van der Waals surface area (Å²) in [5.74, 6) is 0.101. The van der Waals surface area contributed by atoms with Crippen LogP contribution in [-0.4, -0.2) is 43.0 Å². The molecule has 1 saturated heterocycles. The Kier molecular flexibility index (Phi) is 5.33. The summed E-state index contributed by atoms with van der Waals surface area (Å²) in [6, 6.07) is 17.7. The van der Waals surface area contributed by atoms with E-state index in [4.69, 9.17) is 10.5 Å². The second kappa shape index (κ2) is 8.19. The molecule has 1 heterocycles. The summed E-state index contributed by atoms with van der Waals surface area (Å²) in [6.45, 7) is 3.65. The van der Waals surface area contributed by atoms with Crippen molar-refractivity contribution in [3.8, 4) is 5.75 Å². The zero-order chi connectivity index (χ0) is 23.2. The number of benzene rings is 3. The number of carbonyl (C=O) groups is 2. The SMILES string of the molecule is Cc1ccc(OCC2CCN2C)cc1C(=O)NC1(c2cc(C(N)=O)cc3ccccc23)CC1. The summed E-state index contributed by atoms with van der Waals surface area (Å²) < 4.78 is 5.98. The number of nitrogens with zero attached hydrogens (tertiary/aromatic N) is 1. The number of aryl methyl sites for hydroxylation is 1. The summed E-state index contributed by atoms with van der Waals surface area (Å²) in [6.07, 6.45) is 2.76. The van der Waals surface area contributed by atoms with Crippen molar-refractivity contribution in [1.82, 2.24) is 10.2 Å². The largest absolute Gasteiger partial charge is 0.492 e. The van der Waals surface area contributed by atoms with Gasteiger partial charge in [-0.1, -0.05) is 30.3 Å². The molecule has 33 heavy (non-hydrogen) atoms. The summed E-state index contributed by atoms with van der Waals surface area (Å²) in [5, 5.41) is 5.23. The summed E-state index contributed by atoms with van der Waals surface area (Å²) >= 11 is 0. The molecule has 1 aliphatic heterocycles. The van der Waals surface area contributed by atoms with E-state index in [1.165, 1.54) is 0 Å². The molecule has 0 radical (unpaired) electrons. The molecule has 2 aliphatic rings. The van der Waals surface area contributed by atoms with Gasteiger partial charge >= 0.3 is 0 Å². The molecular formula is C27H29N3O3. The van der Waals surface area contributed by atoms with Crippen LogP contribution in [0.2, 0.25) is 0 Å². The van der Waals surface area contributed by atoms with Gasteiger partial charge in [-0.25, -0.2) is 0 Å². The molecule has 1 saturated carbocycles. The first kappa shape index (κ1) is 21.5. The van der Waals surface area contributed by atoms with Crippen LogP contribution in [0.1, 0.15) is 51.1 Å². The average molecular weight is 444 g/mol. The van der Waals surface area contributed by atoms with E-state index in [-0.39, 0.29) is 5.91 Å². The lowest BCUT2D eigenvalue weighted by molar-refractivity contribution is 0.0767. The van der Waals surface area contributed by atoms with E-state index >= 15 is 0 Å². The van der Waals surface area contributed by atoms with Crippen LogP contribution in [0.4, 0.5) is 0 Å². The maximum absolute atomic E-state index is 13.4. The second-order valence-corrected chi connectivity index (χ2v) is 9.36. The minimum Gasteiger partial charge on any atom is -0.492 e. The molecule has 1 atom stereocenters. The maximum atomic E-state index is 13.4. The highest BCUT2D eigenvalue weighted by molar-refractivity contribution is 6.01. The number of likely N-dealkylation sites (tertiary alicyclic amines) is 1. The van der Waals surface area contributed by atoms with Crippen molar-refractivity contribution in [2.24, 2.45) is 5.73 Å². The van der Waals surface area contributed by atoms with E-state index < -0.39 is 11.4 Å². The van der Waals surface area contributed by atoms with Gasteiger partial charge < -0.3 is 15.8 Å². The fourth-order valence-corrected chi connectivity index (χ4v) is 4.63. The third-order valence-corrected chi connectivity index (χ3v) is 7.10. The van der Waals surface area contributed by atoms with Gasteiger partial charge in [-0.2, -0.15) is 0 Å². The minimum atomic E-state index is -0.500. The number of nitrogens with one attached hydrogen (secondary N) is 1. The lowest BCUT2D eigenvalue weighted by Crippen LogP contribution is -2.48. The Labute approximate surface area is 193 Å². The monoisotopic (exact) mass is 443 g/mol. The molecule has 3 aromatic carbocycles. The Morgan fingerprint density at radius 3 is 2.61 bits per heavy atom.